The number of aromatic nitrogens is 2. The van der Waals surface area contributed by atoms with Crippen molar-refractivity contribution >= 4 is 28.7 Å². The number of H-pyrrole nitrogens is 1. The predicted octanol–water partition coefficient (Wildman–Crippen LogP) is 3.42. The van der Waals surface area contributed by atoms with Crippen molar-refractivity contribution in [3.63, 3.8) is 0 Å². The summed E-state index contributed by atoms with van der Waals surface area (Å²) >= 11 is 1.63. The molecule has 1 fully saturated rings. The maximum Gasteiger partial charge on any atom is 0.230 e. The second-order valence-electron chi connectivity index (χ2n) is 5.64. The van der Waals surface area contributed by atoms with Crippen LogP contribution in [0.2, 0.25) is 0 Å². The number of hydrogen-bond acceptors (Lipinski definition) is 3. The molecular formula is C16H21N3OS. The third-order valence-electron chi connectivity index (χ3n) is 3.98. The highest BCUT2D eigenvalue weighted by Crippen LogP contribution is 2.27. The zero-order chi connectivity index (χ0) is 14.7. The number of rotatable bonds is 5. The zero-order valence-electron chi connectivity index (χ0n) is 12.3. The van der Waals surface area contributed by atoms with E-state index in [1.165, 1.54) is 12.8 Å². The number of nitrogens with zero attached hydrogens (tertiary/aromatic N) is 1. The van der Waals surface area contributed by atoms with Gasteiger partial charge in [0, 0.05) is 6.04 Å². The van der Waals surface area contributed by atoms with E-state index in [-0.39, 0.29) is 11.2 Å². The average molecular weight is 303 g/mol. The number of fused-ring (bicyclic) bond motifs is 1. The highest BCUT2D eigenvalue weighted by Gasteiger charge is 2.18. The van der Waals surface area contributed by atoms with Crippen LogP contribution >= 0.6 is 11.8 Å². The summed E-state index contributed by atoms with van der Waals surface area (Å²) in [6, 6.07) is 8.41. The molecule has 5 heteroatoms. The third-order valence-corrected chi connectivity index (χ3v) is 5.13. The fourth-order valence-corrected chi connectivity index (χ4v) is 3.54. The van der Waals surface area contributed by atoms with Crippen LogP contribution in [-0.4, -0.2) is 27.7 Å². The first-order chi connectivity index (χ1) is 10.2. The van der Waals surface area contributed by atoms with E-state index in [9.17, 15) is 4.79 Å². The van der Waals surface area contributed by atoms with E-state index in [1.54, 1.807) is 11.8 Å². The summed E-state index contributed by atoms with van der Waals surface area (Å²) in [6.07, 6.45) is 4.76. The van der Waals surface area contributed by atoms with Crippen LogP contribution in [-0.2, 0) is 4.79 Å². The van der Waals surface area contributed by atoms with Gasteiger partial charge in [-0.1, -0.05) is 25.0 Å². The second-order valence-corrected chi connectivity index (χ2v) is 6.97. The van der Waals surface area contributed by atoms with Gasteiger partial charge in [0.05, 0.1) is 22.0 Å². The fourth-order valence-electron chi connectivity index (χ4n) is 2.78. The van der Waals surface area contributed by atoms with Crippen molar-refractivity contribution in [2.24, 2.45) is 0 Å². The number of nitrogens with one attached hydrogen (secondary N) is 2. The number of aromatic amines is 1. The van der Waals surface area contributed by atoms with Gasteiger partial charge in [-0.2, -0.15) is 0 Å². The quantitative estimate of drug-likeness (QED) is 0.890. The van der Waals surface area contributed by atoms with E-state index in [4.69, 9.17) is 0 Å². The Balaban J connectivity index is 1.53. The van der Waals surface area contributed by atoms with E-state index in [0.29, 0.717) is 11.8 Å². The second kappa shape index (κ2) is 6.52. The topological polar surface area (TPSA) is 57.8 Å². The summed E-state index contributed by atoms with van der Waals surface area (Å²) < 4.78 is 0. The Kier molecular flexibility index (Phi) is 4.48. The van der Waals surface area contributed by atoms with E-state index in [1.807, 2.05) is 24.3 Å². The fraction of sp³-hybridized carbons (Fsp3) is 0.500. The zero-order valence-corrected chi connectivity index (χ0v) is 13.1. The molecule has 1 saturated carbocycles. The number of hydrogen-bond donors (Lipinski definition) is 2. The summed E-state index contributed by atoms with van der Waals surface area (Å²) in [5, 5.41) is 3.31. The molecule has 112 valence electrons. The first-order valence-corrected chi connectivity index (χ1v) is 8.63. The first-order valence-electron chi connectivity index (χ1n) is 7.58. The first kappa shape index (κ1) is 14.4. The minimum Gasteiger partial charge on any atom is -0.353 e. The lowest BCUT2D eigenvalue weighted by Gasteiger charge is -2.13. The van der Waals surface area contributed by atoms with Crippen LogP contribution in [0.1, 0.15) is 43.7 Å². The molecule has 1 atom stereocenters. The molecule has 21 heavy (non-hydrogen) atoms. The van der Waals surface area contributed by atoms with Gasteiger partial charge >= 0.3 is 0 Å². The van der Waals surface area contributed by atoms with E-state index < -0.39 is 0 Å². The standard InChI is InChI=1S/C16H21N3OS/c1-11(16-18-13-8-4-5-9-14(13)19-16)21-10-15(20)17-12-6-2-3-7-12/h4-5,8-9,11-12H,2-3,6-7,10H2,1H3,(H,17,20)(H,18,19)/t11-/m1/s1. The van der Waals surface area contributed by atoms with Gasteiger partial charge < -0.3 is 10.3 Å². The summed E-state index contributed by atoms with van der Waals surface area (Å²) in [5.74, 6) is 1.58. The Morgan fingerprint density at radius 1 is 1.43 bits per heavy atom. The molecule has 4 nitrogen and oxygen atoms in total. The van der Waals surface area contributed by atoms with Crippen molar-refractivity contribution in [2.45, 2.75) is 43.9 Å². The van der Waals surface area contributed by atoms with Gasteiger partial charge in [-0.3, -0.25) is 4.79 Å². The molecule has 1 aromatic carbocycles. The highest BCUT2D eigenvalue weighted by molar-refractivity contribution is 8.00. The summed E-state index contributed by atoms with van der Waals surface area (Å²) in [4.78, 5) is 19.9. The molecule has 1 aromatic heterocycles. The Hall–Kier alpha value is -1.49. The van der Waals surface area contributed by atoms with E-state index in [0.717, 1.165) is 29.7 Å². The SMILES string of the molecule is C[C@@H](SCC(=O)NC1CCCC1)c1nc2ccccc2[nH]1. The Bertz CT molecular complexity index is 586. The molecule has 3 rings (SSSR count). The largest absolute Gasteiger partial charge is 0.353 e. The highest BCUT2D eigenvalue weighted by atomic mass is 32.2. The van der Waals surface area contributed by atoms with Crippen LogP contribution in [0.3, 0.4) is 0 Å². The van der Waals surface area contributed by atoms with Crippen LogP contribution < -0.4 is 5.32 Å². The molecule has 1 aliphatic rings. The van der Waals surface area contributed by atoms with Gasteiger partial charge in [0.15, 0.2) is 0 Å². The number of amides is 1. The smallest absolute Gasteiger partial charge is 0.230 e. The van der Waals surface area contributed by atoms with Crippen LogP contribution in [0.25, 0.3) is 11.0 Å². The summed E-state index contributed by atoms with van der Waals surface area (Å²) in [7, 11) is 0. The molecule has 0 unspecified atom stereocenters. The van der Waals surface area contributed by atoms with Gasteiger partial charge in [-0.25, -0.2) is 4.98 Å². The van der Waals surface area contributed by atoms with Gasteiger partial charge in [0.25, 0.3) is 0 Å². The molecule has 0 bridgehead atoms. The number of para-hydroxylation sites is 2. The predicted molar refractivity (Wildman–Crippen MR) is 87.4 cm³/mol. The summed E-state index contributed by atoms with van der Waals surface area (Å²) in [5.41, 5.74) is 2.03. The molecule has 2 aromatic rings. The molecule has 2 N–H and O–H groups in total. The number of carbonyl (C=O) groups excluding carboxylic acids is 1. The molecular weight excluding hydrogens is 282 g/mol. The van der Waals surface area contributed by atoms with Crippen molar-refractivity contribution in [2.75, 3.05) is 5.75 Å². The Labute approximate surface area is 129 Å². The number of carbonyl (C=O) groups is 1. The molecule has 1 heterocycles. The van der Waals surface area contributed by atoms with Crippen LogP contribution in [0.15, 0.2) is 24.3 Å². The lowest BCUT2D eigenvalue weighted by atomic mass is 10.2. The molecule has 0 radical (unpaired) electrons. The molecule has 0 saturated heterocycles. The Morgan fingerprint density at radius 3 is 2.95 bits per heavy atom. The van der Waals surface area contributed by atoms with Crippen molar-refractivity contribution in [1.29, 1.82) is 0 Å². The van der Waals surface area contributed by atoms with Gasteiger partial charge in [-0.15, -0.1) is 11.8 Å². The number of imidazole rings is 1. The number of benzene rings is 1. The van der Waals surface area contributed by atoms with Crippen molar-refractivity contribution in [3.8, 4) is 0 Å². The lowest BCUT2D eigenvalue weighted by Crippen LogP contribution is -2.34. The lowest BCUT2D eigenvalue weighted by molar-refractivity contribution is -0.119. The van der Waals surface area contributed by atoms with Crippen molar-refractivity contribution in [1.82, 2.24) is 15.3 Å². The van der Waals surface area contributed by atoms with Gasteiger partial charge in [0.2, 0.25) is 5.91 Å². The van der Waals surface area contributed by atoms with E-state index in [2.05, 4.69) is 22.2 Å². The van der Waals surface area contributed by atoms with E-state index >= 15 is 0 Å². The monoisotopic (exact) mass is 303 g/mol. The molecule has 1 amide bonds. The third kappa shape index (κ3) is 3.59. The maximum atomic E-state index is 11.9. The minimum absolute atomic E-state index is 0.148. The number of thioether (sulfide) groups is 1. The van der Waals surface area contributed by atoms with Crippen molar-refractivity contribution < 1.29 is 4.79 Å². The van der Waals surface area contributed by atoms with Crippen LogP contribution in [0.5, 0.6) is 0 Å². The minimum atomic E-state index is 0.148. The van der Waals surface area contributed by atoms with Gasteiger partial charge in [0.1, 0.15) is 5.82 Å². The molecule has 0 spiro atoms. The summed E-state index contributed by atoms with van der Waals surface area (Å²) in [6.45, 7) is 2.09. The Morgan fingerprint density at radius 2 is 2.19 bits per heavy atom. The molecule has 0 aliphatic heterocycles. The van der Waals surface area contributed by atoms with Gasteiger partial charge in [-0.05, 0) is 31.9 Å². The molecule has 1 aliphatic carbocycles. The van der Waals surface area contributed by atoms with Crippen molar-refractivity contribution in [3.05, 3.63) is 30.1 Å². The van der Waals surface area contributed by atoms with Crippen LogP contribution in [0.4, 0.5) is 0 Å². The normalized spacial score (nSPS) is 17.2. The maximum absolute atomic E-state index is 11.9. The van der Waals surface area contributed by atoms with Crippen LogP contribution in [0, 0.1) is 0 Å². The average Bonchev–Trinajstić information content (AvgIpc) is 3.13.